The molecule has 180 valence electrons. The molecule has 3 aromatic rings. The van der Waals surface area contributed by atoms with Gasteiger partial charge in [-0.2, -0.15) is 0 Å². The molecule has 2 heterocycles. The summed E-state index contributed by atoms with van der Waals surface area (Å²) in [7, 11) is 1.62. The highest BCUT2D eigenvalue weighted by molar-refractivity contribution is 8.01. The number of urea groups is 1. The number of nitrogens with one attached hydrogen (secondary N) is 1. The Morgan fingerprint density at radius 1 is 1.09 bits per heavy atom. The maximum absolute atomic E-state index is 14.2. The molecule has 1 atom stereocenters. The van der Waals surface area contributed by atoms with Crippen LogP contribution in [-0.2, 0) is 22.8 Å². The van der Waals surface area contributed by atoms with Gasteiger partial charge < -0.3 is 15.0 Å². The Morgan fingerprint density at radius 3 is 2.69 bits per heavy atom. The Morgan fingerprint density at radius 2 is 1.91 bits per heavy atom. The van der Waals surface area contributed by atoms with Crippen molar-refractivity contribution in [2.24, 2.45) is 0 Å². The number of anilines is 1. The summed E-state index contributed by atoms with van der Waals surface area (Å²) in [5.74, 6) is 1.26. The van der Waals surface area contributed by atoms with Crippen molar-refractivity contribution >= 4 is 29.4 Å². The van der Waals surface area contributed by atoms with Crippen molar-refractivity contribution in [1.82, 2.24) is 10.2 Å². The summed E-state index contributed by atoms with van der Waals surface area (Å²) in [6.45, 7) is 5.43. The van der Waals surface area contributed by atoms with Gasteiger partial charge in [-0.3, -0.25) is 9.69 Å². The monoisotopic (exact) mass is 487 g/mol. The van der Waals surface area contributed by atoms with Crippen molar-refractivity contribution in [3.05, 3.63) is 94.5 Å². The highest BCUT2D eigenvalue weighted by atomic mass is 32.2. The van der Waals surface area contributed by atoms with Crippen LogP contribution in [0.15, 0.2) is 66.7 Å². The lowest BCUT2D eigenvalue weighted by Crippen LogP contribution is -2.53. The third-order valence-corrected chi connectivity index (χ3v) is 8.18. The van der Waals surface area contributed by atoms with E-state index >= 15 is 0 Å². The average molecular weight is 488 g/mol. The zero-order valence-corrected chi connectivity index (χ0v) is 21.0. The smallest absolute Gasteiger partial charge is 0.319 e. The maximum atomic E-state index is 14.2. The second kappa shape index (κ2) is 9.30. The largest absolute Gasteiger partial charge is 0.497 e. The van der Waals surface area contributed by atoms with E-state index in [1.54, 1.807) is 12.0 Å². The third-order valence-electron chi connectivity index (χ3n) is 6.76. The van der Waals surface area contributed by atoms with Crippen molar-refractivity contribution in [1.29, 1.82) is 0 Å². The molecule has 5 rings (SSSR count). The van der Waals surface area contributed by atoms with E-state index in [2.05, 4.69) is 24.4 Å². The molecule has 7 heteroatoms. The normalized spacial score (nSPS) is 18.8. The fourth-order valence-corrected chi connectivity index (χ4v) is 6.38. The van der Waals surface area contributed by atoms with Crippen LogP contribution in [0.25, 0.3) is 0 Å². The van der Waals surface area contributed by atoms with Crippen LogP contribution < -0.4 is 15.0 Å². The number of nitrogens with zero attached hydrogens (tertiary/aromatic N) is 2. The third kappa shape index (κ3) is 4.04. The zero-order valence-electron chi connectivity index (χ0n) is 20.2. The van der Waals surface area contributed by atoms with Crippen LogP contribution in [0.2, 0.25) is 0 Å². The van der Waals surface area contributed by atoms with Crippen LogP contribution >= 0.6 is 11.8 Å². The number of hydrogen-bond acceptors (Lipinski definition) is 4. The Bertz CT molecular complexity index is 1290. The lowest BCUT2D eigenvalue weighted by Gasteiger charge is -2.33. The number of carbonyl (C=O) groups is 2. The number of hydrogen-bond donors (Lipinski definition) is 1. The van der Waals surface area contributed by atoms with Crippen LogP contribution in [-0.4, -0.2) is 36.2 Å². The molecule has 0 radical (unpaired) electrons. The van der Waals surface area contributed by atoms with Gasteiger partial charge in [0.25, 0.3) is 5.91 Å². The minimum Gasteiger partial charge on any atom is -0.497 e. The van der Waals surface area contributed by atoms with E-state index in [0.29, 0.717) is 31.1 Å². The number of methoxy groups -OCH3 is 1. The molecule has 2 aliphatic rings. The van der Waals surface area contributed by atoms with Crippen LogP contribution in [0.4, 0.5) is 10.5 Å². The highest BCUT2D eigenvalue weighted by Crippen LogP contribution is 2.55. The molecule has 1 N–H and O–H groups in total. The molecular weight excluding hydrogens is 458 g/mol. The predicted octanol–water partition coefficient (Wildman–Crippen LogP) is 4.97. The first-order valence-corrected chi connectivity index (χ1v) is 12.7. The minimum atomic E-state index is -1.11. The number of rotatable bonds is 5. The van der Waals surface area contributed by atoms with Crippen molar-refractivity contribution in [3.8, 4) is 5.75 Å². The summed E-state index contributed by atoms with van der Waals surface area (Å²) in [6.07, 6.45) is 0. The number of aryl methyl sites for hydroxylation is 2. The summed E-state index contributed by atoms with van der Waals surface area (Å²) >= 11 is 1.52. The molecule has 0 aliphatic carbocycles. The van der Waals surface area contributed by atoms with Gasteiger partial charge in [-0.25, -0.2) is 4.79 Å². The topological polar surface area (TPSA) is 61.9 Å². The number of fused-ring (bicyclic) bond motifs is 2. The molecular formula is C28H29N3O3S. The first-order valence-electron chi connectivity index (χ1n) is 11.7. The fourth-order valence-electron chi connectivity index (χ4n) is 4.93. The van der Waals surface area contributed by atoms with Crippen molar-refractivity contribution in [2.45, 2.75) is 31.8 Å². The minimum absolute atomic E-state index is 0.0859. The molecule has 3 aromatic carbocycles. The fraction of sp³-hybridized carbons (Fsp3) is 0.286. The van der Waals surface area contributed by atoms with Gasteiger partial charge in [-0.15, -0.1) is 11.8 Å². The van der Waals surface area contributed by atoms with E-state index in [1.807, 2.05) is 66.4 Å². The van der Waals surface area contributed by atoms with E-state index in [0.717, 1.165) is 33.5 Å². The molecule has 35 heavy (non-hydrogen) atoms. The van der Waals surface area contributed by atoms with E-state index in [9.17, 15) is 9.59 Å². The van der Waals surface area contributed by atoms with E-state index in [1.165, 1.54) is 11.8 Å². The standard InChI is InChI=1S/C28H29N3O3S/c1-19-7-6-9-21(15-19)17-29-27(33)31-13-14-35-28(31)24-16-23(34-3)11-12-25(24)30(26(28)32)18-22-10-5-4-8-20(22)2/h4-12,15-16H,13-14,17-18H2,1-3H3,(H,29,33)/t28-/m1/s1. The van der Waals surface area contributed by atoms with Crippen molar-refractivity contribution in [2.75, 3.05) is 24.3 Å². The number of carbonyl (C=O) groups excluding carboxylic acids is 2. The van der Waals surface area contributed by atoms with Crippen LogP contribution in [0.1, 0.15) is 27.8 Å². The average Bonchev–Trinajstić information content (AvgIpc) is 3.40. The number of thioether (sulfide) groups is 1. The first-order chi connectivity index (χ1) is 16.9. The Labute approximate surface area is 210 Å². The van der Waals surface area contributed by atoms with Gasteiger partial charge in [0, 0.05) is 24.4 Å². The SMILES string of the molecule is COc1ccc2c(c1)[C@@]1(SCCN1C(=O)NCc1cccc(C)c1)C(=O)N2Cc1ccccc1C. The van der Waals surface area contributed by atoms with E-state index < -0.39 is 4.87 Å². The quantitative estimate of drug-likeness (QED) is 0.552. The van der Waals surface area contributed by atoms with E-state index in [4.69, 9.17) is 4.74 Å². The lowest BCUT2D eigenvalue weighted by atomic mass is 10.1. The van der Waals surface area contributed by atoms with Crippen LogP contribution in [0.3, 0.4) is 0 Å². The first kappa shape index (κ1) is 23.3. The molecule has 0 unspecified atom stereocenters. The summed E-state index contributed by atoms with van der Waals surface area (Å²) in [5, 5.41) is 3.04. The second-order valence-corrected chi connectivity index (χ2v) is 10.3. The molecule has 1 saturated heterocycles. The summed E-state index contributed by atoms with van der Waals surface area (Å²) in [5.41, 5.74) is 6.01. The molecule has 1 spiro atoms. The summed E-state index contributed by atoms with van der Waals surface area (Å²) < 4.78 is 5.50. The number of ether oxygens (including phenoxy) is 1. The molecule has 6 nitrogen and oxygen atoms in total. The van der Waals surface area contributed by atoms with Gasteiger partial charge in [0.15, 0.2) is 4.87 Å². The van der Waals surface area contributed by atoms with E-state index in [-0.39, 0.29) is 11.9 Å². The summed E-state index contributed by atoms with van der Waals surface area (Å²) in [6, 6.07) is 21.6. The predicted molar refractivity (Wildman–Crippen MR) is 140 cm³/mol. The van der Waals surface area contributed by atoms with Crippen molar-refractivity contribution < 1.29 is 14.3 Å². The highest BCUT2D eigenvalue weighted by Gasteiger charge is 2.59. The Kier molecular flexibility index (Phi) is 6.19. The van der Waals surface area contributed by atoms with Crippen LogP contribution in [0.5, 0.6) is 5.75 Å². The Balaban J connectivity index is 1.49. The van der Waals surface area contributed by atoms with Gasteiger partial charge in [0.2, 0.25) is 0 Å². The molecule has 1 fully saturated rings. The molecule has 3 amide bonds. The van der Waals surface area contributed by atoms with Gasteiger partial charge in [0.05, 0.1) is 19.3 Å². The maximum Gasteiger partial charge on any atom is 0.319 e. The molecule has 0 saturated carbocycles. The number of benzene rings is 3. The number of amides is 3. The van der Waals surface area contributed by atoms with Gasteiger partial charge in [0.1, 0.15) is 5.75 Å². The van der Waals surface area contributed by atoms with Gasteiger partial charge in [-0.05, 0) is 48.7 Å². The summed E-state index contributed by atoms with van der Waals surface area (Å²) in [4.78, 5) is 30.1. The van der Waals surface area contributed by atoms with Crippen LogP contribution in [0, 0.1) is 13.8 Å². The molecule has 0 bridgehead atoms. The molecule has 2 aliphatic heterocycles. The molecule has 0 aromatic heterocycles. The van der Waals surface area contributed by atoms with Gasteiger partial charge >= 0.3 is 6.03 Å². The lowest BCUT2D eigenvalue weighted by molar-refractivity contribution is -0.123. The zero-order chi connectivity index (χ0) is 24.6. The van der Waals surface area contributed by atoms with Gasteiger partial charge in [-0.1, -0.05) is 54.1 Å². The Hall–Kier alpha value is -3.45. The van der Waals surface area contributed by atoms with Crippen molar-refractivity contribution in [3.63, 3.8) is 0 Å². The second-order valence-electron chi connectivity index (χ2n) is 8.99.